The van der Waals surface area contributed by atoms with E-state index in [0.29, 0.717) is 11.5 Å². The number of carbonyl (C=O) groups is 1. The molecule has 0 aliphatic rings. The lowest BCUT2D eigenvalue weighted by Gasteiger charge is -2.16. The van der Waals surface area contributed by atoms with Crippen molar-refractivity contribution in [2.24, 2.45) is 0 Å². The van der Waals surface area contributed by atoms with Gasteiger partial charge < -0.3 is 20.1 Å². The molecular formula is C19H20FN5O3. The van der Waals surface area contributed by atoms with E-state index in [1.165, 1.54) is 12.1 Å². The summed E-state index contributed by atoms with van der Waals surface area (Å²) in [6.45, 7) is 1.82. The Hall–Kier alpha value is -3.62. The molecular weight excluding hydrogens is 365 g/mol. The summed E-state index contributed by atoms with van der Waals surface area (Å²) in [5.41, 5.74) is 1.03. The molecule has 1 unspecified atom stereocenters. The van der Waals surface area contributed by atoms with Crippen LogP contribution >= 0.6 is 0 Å². The summed E-state index contributed by atoms with van der Waals surface area (Å²) in [5.74, 6) is 0.356. The molecule has 1 atom stereocenters. The van der Waals surface area contributed by atoms with Crippen molar-refractivity contribution in [3.8, 4) is 11.5 Å². The lowest BCUT2D eigenvalue weighted by atomic mass is 10.1. The zero-order chi connectivity index (χ0) is 20.1. The van der Waals surface area contributed by atoms with Crippen LogP contribution in [0.25, 0.3) is 0 Å². The van der Waals surface area contributed by atoms with Crippen LogP contribution in [0, 0.1) is 5.82 Å². The molecule has 0 saturated heterocycles. The van der Waals surface area contributed by atoms with Gasteiger partial charge in [-0.3, -0.25) is 4.79 Å². The van der Waals surface area contributed by atoms with Crippen LogP contribution in [0.15, 0.2) is 42.5 Å². The molecule has 9 heteroatoms. The van der Waals surface area contributed by atoms with Gasteiger partial charge in [0.25, 0.3) is 5.91 Å². The van der Waals surface area contributed by atoms with Crippen molar-refractivity contribution >= 4 is 17.4 Å². The minimum atomic E-state index is -0.463. The van der Waals surface area contributed by atoms with Crippen LogP contribution in [0.3, 0.4) is 0 Å². The van der Waals surface area contributed by atoms with E-state index in [-0.39, 0.29) is 23.2 Å². The highest BCUT2D eigenvalue weighted by Crippen LogP contribution is 2.30. The van der Waals surface area contributed by atoms with E-state index >= 15 is 0 Å². The summed E-state index contributed by atoms with van der Waals surface area (Å²) < 4.78 is 24.3. The Morgan fingerprint density at radius 1 is 1.11 bits per heavy atom. The minimum absolute atomic E-state index is 0.0237. The first-order chi connectivity index (χ1) is 13.5. The largest absolute Gasteiger partial charge is 0.493 e. The van der Waals surface area contributed by atoms with Gasteiger partial charge in [-0.05, 0) is 36.8 Å². The van der Waals surface area contributed by atoms with E-state index in [1.54, 1.807) is 38.5 Å². The molecule has 0 aliphatic heterocycles. The smallest absolute Gasteiger partial charge is 0.276 e. The van der Waals surface area contributed by atoms with Crippen molar-refractivity contribution in [3.63, 3.8) is 0 Å². The first-order valence-electron chi connectivity index (χ1n) is 8.48. The van der Waals surface area contributed by atoms with E-state index in [2.05, 4.69) is 26.0 Å². The minimum Gasteiger partial charge on any atom is -0.493 e. The molecule has 28 heavy (non-hydrogen) atoms. The molecule has 0 bridgehead atoms. The number of hydrogen-bond donors (Lipinski definition) is 3. The molecule has 8 nitrogen and oxygen atoms in total. The highest BCUT2D eigenvalue weighted by atomic mass is 19.1. The Balaban J connectivity index is 1.75. The molecule has 0 radical (unpaired) electrons. The van der Waals surface area contributed by atoms with E-state index in [9.17, 15) is 9.18 Å². The highest BCUT2D eigenvalue weighted by Gasteiger charge is 2.20. The van der Waals surface area contributed by atoms with E-state index in [4.69, 9.17) is 9.47 Å². The van der Waals surface area contributed by atoms with Crippen molar-refractivity contribution in [1.29, 1.82) is 0 Å². The number of para-hydroxylation sites is 1. The normalized spacial score (nSPS) is 11.6. The molecule has 0 aliphatic carbocycles. The van der Waals surface area contributed by atoms with Crippen molar-refractivity contribution < 1.29 is 18.7 Å². The predicted octanol–water partition coefficient (Wildman–Crippen LogP) is 3.20. The number of benzene rings is 2. The standard InChI is InChI=1S/C19H20FN5O3/c1-11(12-8-9-15(27-2)16(10-12)28-3)21-19(26)17-18(24-25-23-17)22-14-7-5-4-6-13(14)20/h4-11H,1-3H3,(H,21,26)(H2,22,23,24,25). The molecule has 0 spiro atoms. The number of nitrogens with one attached hydrogen (secondary N) is 3. The van der Waals surface area contributed by atoms with Gasteiger partial charge in [0.2, 0.25) is 0 Å². The SMILES string of the molecule is COc1ccc(C(C)NC(=O)c2n[nH]nc2Nc2ccccc2F)cc1OC. The number of aromatic amines is 1. The van der Waals surface area contributed by atoms with Gasteiger partial charge >= 0.3 is 0 Å². The number of rotatable bonds is 7. The van der Waals surface area contributed by atoms with Crippen molar-refractivity contribution in [2.45, 2.75) is 13.0 Å². The number of hydrogen-bond acceptors (Lipinski definition) is 6. The second-order valence-corrected chi connectivity index (χ2v) is 5.94. The number of amides is 1. The summed E-state index contributed by atoms with van der Waals surface area (Å²) in [6, 6.07) is 11.1. The number of methoxy groups -OCH3 is 2. The Morgan fingerprint density at radius 3 is 2.57 bits per heavy atom. The summed E-state index contributed by atoms with van der Waals surface area (Å²) >= 11 is 0. The topological polar surface area (TPSA) is 101 Å². The maximum Gasteiger partial charge on any atom is 0.276 e. The molecule has 146 valence electrons. The summed E-state index contributed by atoms with van der Waals surface area (Å²) in [6.07, 6.45) is 0. The third-order valence-corrected chi connectivity index (χ3v) is 4.15. The van der Waals surface area contributed by atoms with Gasteiger partial charge in [0.1, 0.15) is 5.82 Å². The van der Waals surface area contributed by atoms with Gasteiger partial charge in [0.15, 0.2) is 23.0 Å². The fourth-order valence-electron chi connectivity index (χ4n) is 2.64. The summed E-state index contributed by atoms with van der Waals surface area (Å²) in [4.78, 5) is 12.6. The molecule has 3 rings (SSSR count). The highest BCUT2D eigenvalue weighted by molar-refractivity contribution is 5.97. The van der Waals surface area contributed by atoms with Gasteiger partial charge in [-0.25, -0.2) is 4.39 Å². The van der Waals surface area contributed by atoms with Crippen LogP contribution in [-0.4, -0.2) is 35.5 Å². The van der Waals surface area contributed by atoms with E-state index in [0.717, 1.165) is 5.56 Å². The first-order valence-corrected chi connectivity index (χ1v) is 8.48. The fraction of sp³-hybridized carbons (Fsp3) is 0.211. The molecule has 1 heterocycles. The lowest BCUT2D eigenvalue weighted by molar-refractivity contribution is 0.0935. The molecule has 0 saturated carbocycles. The Morgan fingerprint density at radius 2 is 1.86 bits per heavy atom. The number of halogens is 1. The molecule has 3 aromatic rings. The monoisotopic (exact) mass is 385 g/mol. The third-order valence-electron chi connectivity index (χ3n) is 4.15. The first kappa shape index (κ1) is 19.2. The second kappa shape index (κ2) is 8.38. The van der Waals surface area contributed by atoms with Crippen molar-refractivity contribution in [3.05, 3.63) is 59.5 Å². The van der Waals surface area contributed by atoms with Crippen LogP contribution in [0.2, 0.25) is 0 Å². The van der Waals surface area contributed by atoms with Crippen LogP contribution in [0.5, 0.6) is 11.5 Å². The number of aromatic nitrogens is 3. The Bertz CT molecular complexity index is 976. The van der Waals surface area contributed by atoms with E-state index < -0.39 is 11.7 Å². The lowest BCUT2D eigenvalue weighted by Crippen LogP contribution is -2.27. The molecule has 2 aromatic carbocycles. The summed E-state index contributed by atoms with van der Waals surface area (Å²) in [5, 5.41) is 15.8. The van der Waals surface area contributed by atoms with Crippen LogP contribution in [-0.2, 0) is 0 Å². The number of H-pyrrole nitrogens is 1. The van der Waals surface area contributed by atoms with E-state index in [1.807, 2.05) is 13.0 Å². The Labute approximate surface area is 161 Å². The number of anilines is 2. The van der Waals surface area contributed by atoms with Gasteiger partial charge in [0.05, 0.1) is 25.9 Å². The van der Waals surface area contributed by atoms with Crippen LogP contribution in [0.4, 0.5) is 15.9 Å². The second-order valence-electron chi connectivity index (χ2n) is 5.94. The molecule has 3 N–H and O–H groups in total. The van der Waals surface area contributed by atoms with Crippen molar-refractivity contribution in [2.75, 3.05) is 19.5 Å². The molecule has 0 fully saturated rings. The van der Waals surface area contributed by atoms with Gasteiger partial charge in [-0.1, -0.05) is 18.2 Å². The number of ether oxygens (including phenoxy) is 2. The van der Waals surface area contributed by atoms with Gasteiger partial charge in [-0.15, -0.1) is 10.2 Å². The Kier molecular flexibility index (Phi) is 5.73. The number of nitrogens with zero attached hydrogens (tertiary/aromatic N) is 2. The zero-order valence-corrected chi connectivity index (χ0v) is 15.6. The quantitative estimate of drug-likeness (QED) is 0.577. The van der Waals surface area contributed by atoms with Gasteiger partial charge in [-0.2, -0.15) is 5.21 Å². The van der Waals surface area contributed by atoms with Crippen LogP contribution < -0.4 is 20.1 Å². The maximum absolute atomic E-state index is 13.8. The predicted molar refractivity (Wildman–Crippen MR) is 101 cm³/mol. The maximum atomic E-state index is 13.8. The molecule has 1 aromatic heterocycles. The third kappa shape index (κ3) is 4.03. The van der Waals surface area contributed by atoms with Crippen molar-refractivity contribution in [1.82, 2.24) is 20.7 Å². The fourth-order valence-corrected chi connectivity index (χ4v) is 2.64. The number of carbonyl (C=O) groups excluding carboxylic acids is 1. The van der Waals surface area contributed by atoms with Gasteiger partial charge in [0, 0.05) is 0 Å². The molecule has 1 amide bonds. The average Bonchev–Trinajstić information content (AvgIpc) is 3.17. The average molecular weight is 385 g/mol. The van der Waals surface area contributed by atoms with Crippen LogP contribution in [0.1, 0.15) is 29.0 Å². The summed E-state index contributed by atoms with van der Waals surface area (Å²) in [7, 11) is 3.10. The zero-order valence-electron chi connectivity index (χ0n) is 15.6.